The largest absolute Gasteiger partial charge is 0.397 e. The van der Waals surface area contributed by atoms with Crippen LogP contribution in [-0.4, -0.2) is 70.0 Å². The van der Waals surface area contributed by atoms with E-state index in [4.69, 9.17) is 14.4 Å². The maximum Gasteiger partial charge on any atom is 0.397 e. The molecule has 32 heavy (non-hydrogen) atoms. The van der Waals surface area contributed by atoms with E-state index in [1.807, 2.05) is 0 Å². The summed E-state index contributed by atoms with van der Waals surface area (Å²) in [5, 5.41) is 8.65. The van der Waals surface area contributed by atoms with E-state index in [-0.39, 0.29) is 6.61 Å². The Morgan fingerprint density at radius 1 is 0.688 bits per heavy atom. The summed E-state index contributed by atoms with van der Waals surface area (Å²) in [6, 6.07) is 0. The second kappa shape index (κ2) is 27.0. The van der Waals surface area contributed by atoms with E-state index < -0.39 is 10.4 Å². The zero-order chi connectivity index (χ0) is 24.3. The van der Waals surface area contributed by atoms with E-state index in [1.54, 1.807) is 0 Å². The highest BCUT2D eigenvalue weighted by Crippen LogP contribution is 2.13. The Balaban J connectivity index is 0. The van der Waals surface area contributed by atoms with Crippen LogP contribution in [0.15, 0.2) is 0 Å². The minimum atomic E-state index is -4.16. The van der Waals surface area contributed by atoms with Gasteiger partial charge in [0.05, 0.1) is 26.9 Å². The lowest BCUT2D eigenvalue weighted by atomic mass is 10.0. The quantitative estimate of drug-likeness (QED) is 0.144. The van der Waals surface area contributed by atoms with Crippen LogP contribution in [0.25, 0.3) is 0 Å². The Morgan fingerprint density at radius 3 is 1.41 bits per heavy atom. The van der Waals surface area contributed by atoms with Crippen molar-refractivity contribution in [3.8, 4) is 0 Å². The van der Waals surface area contributed by atoms with Gasteiger partial charge in [0, 0.05) is 6.54 Å². The summed E-state index contributed by atoms with van der Waals surface area (Å²) in [4.78, 5) is 2.33. The first-order chi connectivity index (χ1) is 15.4. The van der Waals surface area contributed by atoms with Gasteiger partial charge in [0.15, 0.2) is 0 Å². The zero-order valence-corrected chi connectivity index (χ0v) is 22.0. The van der Waals surface area contributed by atoms with Crippen molar-refractivity contribution in [1.82, 2.24) is 4.90 Å². The molecule has 0 aromatic carbocycles. The first-order valence-corrected chi connectivity index (χ1v) is 14.1. The predicted molar refractivity (Wildman–Crippen MR) is 134 cm³/mol. The SMILES string of the molecule is CCCCCCCCCCCCCCCCCCN(C)CCOCCO.COS(=O)(=O)O. The van der Waals surface area contributed by atoms with Crippen molar-refractivity contribution in [3.05, 3.63) is 0 Å². The average molecular weight is 484 g/mol. The van der Waals surface area contributed by atoms with E-state index in [1.165, 1.54) is 109 Å². The lowest BCUT2D eigenvalue weighted by Gasteiger charge is -2.16. The van der Waals surface area contributed by atoms with Crippen molar-refractivity contribution in [1.29, 1.82) is 0 Å². The highest BCUT2D eigenvalue weighted by atomic mass is 32.3. The van der Waals surface area contributed by atoms with Gasteiger partial charge in [-0.05, 0) is 20.0 Å². The molecule has 0 bridgehead atoms. The van der Waals surface area contributed by atoms with E-state index in [2.05, 4.69) is 23.1 Å². The van der Waals surface area contributed by atoms with E-state index >= 15 is 0 Å². The molecule has 0 heterocycles. The maximum absolute atomic E-state index is 9.33. The number of ether oxygens (including phenoxy) is 1. The van der Waals surface area contributed by atoms with Crippen molar-refractivity contribution in [2.24, 2.45) is 0 Å². The number of hydrogen-bond donors (Lipinski definition) is 2. The fourth-order valence-electron chi connectivity index (χ4n) is 3.43. The topological polar surface area (TPSA) is 96.3 Å². The van der Waals surface area contributed by atoms with Gasteiger partial charge in [0.1, 0.15) is 0 Å². The number of hydrogen-bond acceptors (Lipinski definition) is 6. The molecule has 196 valence electrons. The summed E-state index contributed by atoms with van der Waals surface area (Å²) >= 11 is 0. The van der Waals surface area contributed by atoms with Crippen molar-refractivity contribution in [2.45, 2.75) is 110 Å². The highest BCUT2D eigenvalue weighted by Gasteiger charge is 1.99. The number of unbranched alkanes of at least 4 members (excludes halogenated alkanes) is 15. The monoisotopic (exact) mass is 483 g/mol. The van der Waals surface area contributed by atoms with Crippen LogP contribution in [0.2, 0.25) is 0 Å². The first-order valence-electron chi connectivity index (χ1n) is 12.8. The molecule has 0 unspecified atom stereocenters. The van der Waals surface area contributed by atoms with Gasteiger partial charge < -0.3 is 14.7 Å². The Kier molecular flexibility index (Phi) is 28.6. The minimum Gasteiger partial charge on any atom is -0.394 e. The minimum absolute atomic E-state index is 0.128. The summed E-state index contributed by atoms with van der Waals surface area (Å²) in [5.74, 6) is 0. The predicted octanol–water partition coefficient (Wildman–Crippen LogP) is 5.62. The van der Waals surface area contributed by atoms with Crippen molar-refractivity contribution >= 4 is 10.4 Å². The van der Waals surface area contributed by atoms with Gasteiger partial charge in [-0.2, -0.15) is 8.42 Å². The molecule has 2 N–H and O–H groups in total. The molecule has 0 saturated carbocycles. The van der Waals surface area contributed by atoms with Gasteiger partial charge in [0.25, 0.3) is 0 Å². The highest BCUT2D eigenvalue weighted by molar-refractivity contribution is 7.80. The van der Waals surface area contributed by atoms with Crippen LogP contribution >= 0.6 is 0 Å². The fraction of sp³-hybridized carbons (Fsp3) is 1.00. The molecule has 0 amide bonds. The Bertz CT molecular complexity index is 448. The summed E-state index contributed by atoms with van der Waals surface area (Å²) in [6.07, 6.45) is 22.8. The van der Waals surface area contributed by atoms with Gasteiger partial charge in [0.2, 0.25) is 0 Å². The summed E-state index contributed by atoms with van der Waals surface area (Å²) < 4.78 is 35.0. The molecule has 0 spiro atoms. The lowest BCUT2D eigenvalue weighted by Crippen LogP contribution is -2.24. The molecule has 0 aromatic rings. The lowest BCUT2D eigenvalue weighted by molar-refractivity contribution is 0.0781. The molecule has 0 aromatic heterocycles. The van der Waals surface area contributed by atoms with Crippen LogP contribution in [0, 0.1) is 0 Å². The van der Waals surface area contributed by atoms with E-state index in [0.717, 1.165) is 20.3 Å². The molecule has 8 heteroatoms. The average Bonchev–Trinajstić information content (AvgIpc) is 2.76. The third-order valence-electron chi connectivity index (χ3n) is 5.46. The fourth-order valence-corrected chi connectivity index (χ4v) is 3.43. The normalized spacial score (nSPS) is 11.6. The van der Waals surface area contributed by atoms with Crippen LogP contribution in [0.5, 0.6) is 0 Å². The molecular formula is C24H53NO6S. The molecule has 0 fully saturated rings. The van der Waals surface area contributed by atoms with Gasteiger partial charge in [-0.15, -0.1) is 0 Å². The number of aliphatic hydroxyl groups is 1. The molecule has 0 aliphatic rings. The third kappa shape index (κ3) is 34.4. The first kappa shape index (κ1) is 33.9. The van der Waals surface area contributed by atoms with Gasteiger partial charge >= 0.3 is 10.4 Å². The molecule has 0 rings (SSSR count). The smallest absolute Gasteiger partial charge is 0.394 e. The molecule has 0 radical (unpaired) electrons. The number of likely N-dealkylation sites (N-methyl/N-ethyl adjacent to an activating group) is 1. The Morgan fingerprint density at radius 2 is 1.06 bits per heavy atom. The van der Waals surface area contributed by atoms with E-state index in [9.17, 15) is 8.42 Å². The van der Waals surface area contributed by atoms with Crippen LogP contribution in [0.4, 0.5) is 0 Å². The van der Waals surface area contributed by atoms with Crippen LogP contribution < -0.4 is 0 Å². The van der Waals surface area contributed by atoms with Gasteiger partial charge in [-0.25, -0.2) is 0 Å². The summed E-state index contributed by atoms with van der Waals surface area (Å²) in [5.41, 5.74) is 0. The van der Waals surface area contributed by atoms with Crippen LogP contribution in [0.1, 0.15) is 110 Å². The Hall–Kier alpha value is -0.250. The van der Waals surface area contributed by atoms with Gasteiger partial charge in [-0.1, -0.05) is 103 Å². The van der Waals surface area contributed by atoms with Crippen LogP contribution in [0.3, 0.4) is 0 Å². The van der Waals surface area contributed by atoms with E-state index in [0.29, 0.717) is 6.61 Å². The molecule has 0 saturated heterocycles. The van der Waals surface area contributed by atoms with Gasteiger partial charge in [-0.3, -0.25) is 8.74 Å². The van der Waals surface area contributed by atoms with Crippen molar-refractivity contribution in [2.75, 3.05) is 47.1 Å². The third-order valence-corrected chi connectivity index (χ3v) is 5.88. The zero-order valence-electron chi connectivity index (χ0n) is 21.2. The molecule has 0 atom stereocenters. The van der Waals surface area contributed by atoms with Crippen molar-refractivity contribution < 1.29 is 27.0 Å². The molecular weight excluding hydrogens is 430 g/mol. The molecule has 0 aliphatic carbocycles. The number of rotatable bonds is 23. The second-order valence-corrected chi connectivity index (χ2v) is 9.73. The second-order valence-electron chi connectivity index (χ2n) is 8.54. The number of nitrogens with zero attached hydrogens (tertiary/aromatic N) is 1. The Labute approximate surface area is 199 Å². The molecule has 7 nitrogen and oxygen atoms in total. The van der Waals surface area contributed by atoms with Crippen LogP contribution in [-0.2, 0) is 19.3 Å². The number of aliphatic hydroxyl groups excluding tert-OH is 1. The standard InChI is InChI=1S/C23H49NO2.CH4O4S/c1-3-4-5-6-7-8-9-10-11-12-13-14-15-16-17-18-19-24(2)20-22-26-23-21-25;1-5-6(2,3)4/h25H,3-23H2,1-2H3;1H3,(H,2,3,4). The maximum atomic E-state index is 9.33. The summed E-state index contributed by atoms with van der Waals surface area (Å²) in [6.45, 7) is 5.75. The molecule has 0 aliphatic heterocycles. The van der Waals surface area contributed by atoms with Crippen molar-refractivity contribution in [3.63, 3.8) is 0 Å². The summed E-state index contributed by atoms with van der Waals surface area (Å²) in [7, 11) is -1.13.